The molecule has 0 radical (unpaired) electrons. The highest BCUT2D eigenvalue weighted by Crippen LogP contribution is 2.26. The van der Waals surface area contributed by atoms with Crippen molar-refractivity contribution in [3.8, 4) is 0 Å². The number of halogens is 2. The zero-order valence-corrected chi connectivity index (χ0v) is 18.0. The fourth-order valence-corrected chi connectivity index (χ4v) is 3.39. The standard InChI is InChI=1S/C22H28ClFN4O2/c1-3-28(4-2)20(18-7-5-6-8-19(18)23)14-25-21(29)15-27-22(30)26-13-16-9-11-17(24)12-10-16/h5-12,20H,3-4,13-15H2,1-2H3,(H,25,29)(H2,26,27,30). The summed E-state index contributed by atoms with van der Waals surface area (Å²) in [5.74, 6) is -0.629. The molecule has 0 bridgehead atoms. The van der Waals surface area contributed by atoms with Crippen LogP contribution in [0.25, 0.3) is 0 Å². The van der Waals surface area contributed by atoms with Crippen LogP contribution in [0.1, 0.15) is 31.0 Å². The molecule has 3 amide bonds. The lowest BCUT2D eigenvalue weighted by atomic mass is 10.0. The Morgan fingerprint density at radius 3 is 2.30 bits per heavy atom. The second kappa shape index (κ2) is 12.1. The van der Waals surface area contributed by atoms with E-state index in [-0.39, 0.29) is 30.9 Å². The van der Waals surface area contributed by atoms with Crippen LogP contribution in [0.5, 0.6) is 0 Å². The minimum absolute atomic E-state index is 0.0649. The molecule has 0 aliphatic heterocycles. The van der Waals surface area contributed by atoms with Gasteiger partial charge in [-0.05, 0) is 42.4 Å². The number of carbonyl (C=O) groups is 2. The molecule has 3 N–H and O–H groups in total. The van der Waals surface area contributed by atoms with E-state index >= 15 is 0 Å². The normalized spacial score (nSPS) is 11.8. The first-order chi connectivity index (χ1) is 14.4. The van der Waals surface area contributed by atoms with Gasteiger partial charge in [-0.2, -0.15) is 0 Å². The number of rotatable bonds is 10. The van der Waals surface area contributed by atoms with Crippen LogP contribution in [-0.4, -0.2) is 43.0 Å². The molecule has 162 valence electrons. The average Bonchev–Trinajstić information content (AvgIpc) is 2.75. The summed E-state index contributed by atoms with van der Waals surface area (Å²) in [7, 11) is 0. The van der Waals surface area contributed by atoms with E-state index in [1.807, 2.05) is 24.3 Å². The van der Waals surface area contributed by atoms with Gasteiger partial charge >= 0.3 is 6.03 Å². The molecule has 0 aliphatic rings. The van der Waals surface area contributed by atoms with Crippen LogP contribution in [0, 0.1) is 5.82 Å². The Morgan fingerprint density at radius 1 is 1.00 bits per heavy atom. The van der Waals surface area contributed by atoms with Crippen LogP contribution in [0.2, 0.25) is 5.02 Å². The van der Waals surface area contributed by atoms with E-state index in [0.29, 0.717) is 11.6 Å². The van der Waals surface area contributed by atoms with Gasteiger partial charge in [-0.1, -0.05) is 55.8 Å². The molecule has 2 rings (SSSR count). The van der Waals surface area contributed by atoms with E-state index in [9.17, 15) is 14.0 Å². The minimum Gasteiger partial charge on any atom is -0.353 e. The van der Waals surface area contributed by atoms with Gasteiger partial charge in [0.2, 0.25) is 5.91 Å². The van der Waals surface area contributed by atoms with Gasteiger partial charge in [0.25, 0.3) is 0 Å². The number of nitrogens with zero attached hydrogens (tertiary/aromatic N) is 1. The van der Waals surface area contributed by atoms with Crippen LogP contribution < -0.4 is 16.0 Å². The van der Waals surface area contributed by atoms with E-state index in [0.717, 1.165) is 24.2 Å². The molecule has 8 heteroatoms. The number of amides is 3. The first-order valence-electron chi connectivity index (χ1n) is 9.95. The average molecular weight is 435 g/mol. The second-order valence-electron chi connectivity index (χ2n) is 6.73. The maximum absolute atomic E-state index is 12.9. The largest absolute Gasteiger partial charge is 0.353 e. The number of nitrogens with one attached hydrogen (secondary N) is 3. The minimum atomic E-state index is -0.471. The van der Waals surface area contributed by atoms with E-state index in [1.165, 1.54) is 12.1 Å². The first kappa shape index (κ1) is 23.6. The molecule has 0 fully saturated rings. The fraction of sp³-hybridized carbons (Fsp3) is 0.364. The zero-order valence-electron chi connectivity index (χ0n) is 17.3. The lowest BCUT2D eigenvalue weighted by Crippen LogP contribution is -2.44. The van der Waals surface area contributed by atoms with E-state index in [1.54, 1.807) is 12.1 Å². The molecule has 0 aliphatic carbocycles. The van der Waals surface area contributed by atoms with Crippen molar-refractivity contribution in [3.05, 3.63) is 70.5 Å². The Labute approximate surface area is 181 Å². The van der Waals surface area contributed by atoms with Crippen LogP contribution >= 0.6 is 11.6 Å². The van der Waals surface area contributed by atoms with Crippen LogP contribution in [0.4, 0.5) is 9.18 Å². The van der Waals surface area contributed by atoms with Crippen LogP contribution in [0.15, 0.2) is 48.5 Å². The molecule has 0 saturated carbocycles. The molecule has 0 aromatic heterocycles. The maximum atomic E-state index is 12.9. The fourth-order valence-electron chi connectivity index (χ4n) is 3.13. The number of likely N-dealkylation sites (N-methyl/N-ethyl adjacent to an activating group) is 1. The number of carbonyl (C=O) groups excluding carboxylic acids is 2. The second-order valence-corrected chi connectivity index (χ2v) is 7.13. The Hall–Kier alpha value is -2.64. The summed E-state index contributed by atoms with van der Waals surface area (Å²) in [4.78, 5) is 26.3. The van der Waals surface area contributed by atoms with Crippen molar-refractivity contribution in [2.75, 3.05) is 26.2 Å². The van der Waals surface area contributed by atoms with Crippen molar-refractivity contribution in [2.24, 2.45) is 0 Å². The summed E-state index contributed by atoms with van der Waals surface area (Å²) in [6.07, 6.45) is 0. The van der Waals surface area contributed by atoms with Crippen molar-refractivity contribution in [1.29, 1.82) is 0 Å². The van der Waals surface area contributed by atoms with Gasteiger partial charge in [0, 0.05) is 18.1 Å². The summed E-state index contributed by atoms with van der Waals surface area (Å²) >= 11 is 6.36. The summed E-state index contributed by atoms with van der Waals surface area (Å²) in [6, 6.07) is 12.9. The van der Waals surface area contributed by atoms with Gasteiger partial charge in [0.05, 0.1) is 12.6 Å². The molecule has 0 heterocycles. The number of benzene rings is 2. The first-order valence-corrected chi connectivity index (χ1v) is 10.3. The van der Waals surface area contributed by atoms with Crippen molar-refractivity contribution < 1.29 is 14.0 Å². The van der Waals surface area contributed by atoms with Gasteiger partial charge in [-0.25, -0.2) is 9.18 Å². The van der Waals surface area contributed by atoms with Gasteiger partial charge in [0.1, 0.15) is 5.82 Å². The Kier molecular flexibility index (Phi) is 9.57. The van der Waals surface area contributed by atoms with E-state index < -0.39 is 6.03 Å². The highest BCUT2D eigenvalue weighted by Gasteiger charge is 2.21. The number of hydrogen-bond acceptors (Lipinski definition) is 3. The smallest absolute Gasteiger partial charge is 0.315 e. The number of urea groups is 1. The summed E-state index contributed by atoms with van der Waals surface area (Å²) in [5.41, 5.74) is 1.71. The zero-order chi connectivity index (χ0) is 21.9. The monoisotopic (exact) mass is 434 g/mol. The predicted molar refractivity (Wildman–Crippen MR) is 117 cm³/mol. The van der Waals surface area contributed by atoms with Gasteiger partial charge in [0.15, 0.2) is 0 Å². The lowest BCUT2D eigenvalue weighted by molar-refractivity contribution is -0.120. The molecule has 2 aromatic carbocycles. The predicted octanol–water partition coefficient (Wildman–Crippen LogP) is 3.48. The third kappa shape index (κ3) is 7.31. The molecular weight excluding hydrogens is 407 g/mol. The maximum Gasteiger partial charge on any atom is 0.315 e. The lowest BCUT2D eigenvalue weighted by Gasteiger charge is -2.31. The van der Waals surface area contributed by atoms with E-state index in [2.05, 4.69) is 34.7 Å². The topological polar surface area (TPSA) is 73.5 Å². The Bertz CT molecular complexity index is 828. The highest BCUT2D eigenvalue weighted by atomic mass is 35.5. The molecule has 2 aromatic rings. The molecule has 30 heavy (non-hydrogen) atoms. The van der Waals surface area contributed by atoms with Crippen molar-refractivity contribution in [3.63, 3.8) is 0 Å². The molecule has 6 nitrogen and oxygen atoms in total. The SMILES string of the molecule is CCN(CC)C(CNC(=O)CNC(=O)NCc1ccc(F)cc1)c1ccccc1Cl. The summed E-state index contributed by atoms with van der Waals surface area (Å²) in [5, 5.41) is 8.67. The van der Waals surface area contributed by atoms with Gasteiger partial charge in [-0.15, -0.1) is 0 Å². The van der Waals surface area contributed by atoms with Crippen molar-refractivity contribution >= 4 is 23.5 Å². The Balaban J connectivity index is 1.82. The van der Waals surface area contributed by atoms with Crippen molar-refractivity contribution in [2.45, 2.75) is 26.4 Å². The molecule has 0 spiro atoms. The van der Waals surface area contributed by atoms with Crippen LogP contribution in [-0.2, 0) is 11.3 Å². The Morgan fingerprint density at radius 2 is 1.67 bits per heavy atom. The number of hydrogen-bond donors (Lipinski definition) is 3. The van der Waals surface area contributed by atoms with Crippen LogP contribution in [0.3, 0.4) is 0 Å². The molecule has 1 atom stereocenters. The van der Waals surface area contributed by atoms with Crippen molar-refractivity contribution in [1.82, 2.24) is 20.9 Å². The molecular formula is C22H28ClFN4O2. The summed E-state index contributed by atoms with van der Waals surface area (Å²) < 4.78 is 12.9. The highest BCUT2D eigenvalue weighted by molar-refractivity contribution is 6.31. The third-order valence-corrected chi connectivity index (χ3v) is 5.13. The third-order valence-electron chi connectivity index (χ3n) is 4.79. The molecule has 0 saturated heterocycles. The summed E-state index contributed by atoms with van der Waals surface area (Å²) in [6.45, 7) is 6.21. The van der Waals surface area contributed by atoms with Gasteiger partial charge < -0.3 is 16.0 Å². The van der Waals surface area contributed by atoms with E-state index in [4.69, 9.17) is 11.6 Å². The van der Waals surface area contributed by atoms with Gasteiger partial charge in [-0.3, -0.25) is 9.69 Å². The quantitative estimate of drug-likeness (QED) is 0.536. The molecule has 1 unspecified atom stereocenters.